The molecule has 19 heavy (non-hydrogen) atoms. The summed E-state index contributed by atoms with van der Waals surface area (Å²) in [5, 5.41) is 8.92. The highest BCUT2D eigenvalue weighted by Crippen LogP contribution is 2.43. The summed E-state index contributed by atoms with van der Waals surface area (Å²) in [6, 6.07) is 0. The van der Waals surface area contributed by atoms with Crippen LogP contribution in [0.1, 0.15) is 27.2 Å². The molecule has 2 rings (SSSR count). The maximum absolute atomic E-state index is 11.9. The number of carbonyl (C=O) groups is 2. The summed E-state index contributed by atoms with van der Waals surface area (Å²) in [6.07, 6.45) is 0.109. The van der Waals surface area contributed by atoms with E-state index >= 15 is 0 Å². The Bertz CT molecular complexity index is 376. The second-order valence-corrected chi connectivity index (χ2v) is 6.18. The summed E-state index contributed by atoms with van der Waals surface area (Å²) in [5.74, 6) is -1.06. The van der Waals surface area contributed by atoms with Crippen LogP contribution in [0.5, 0.6) is 0 Å². The molecule has 0 aromatic heterocycles. The van der Waals surface area contributed by atoms with Gasteiger partial charge in [0.05, 0.1) is 25.2 Å². The number of carbonyl (C=O) groups excluding carboxylic acids is 1. The van der Waals surface area contributed by atoms with Crippen molar-refractivity contribution in [3.8, 4) is 0 Å². The van der Waals surface area contributed by atoms with Crippen molar-refractivity contribution in [2.45, 2.75) is 38.9 Å². The zero-order valence-electron chi connectivity index (χ0n) is 11.6. The molecule has 6 nitrogen and oxygen atoms in total. The summed E-state index contributed by atoms with van der Waals surface area (Å²) in [5.41, 5.74) is -0.520. The smallest absolute Gasteiger partial charge is 0.410 e. The number of amides is 1. The standard InChI is InChI=1S/C13H21NO5/c1-13(2,3)19-12(17)14-4-5-18-10(7-14)8-6-9(8)11(15)16/h8-10H,4-7H2,1-3H3,(H,15,16). The molecular formula is C13H21NO5. The third kappa shape index (κ3) is 3.59. The van der Waals surface area contributed by atoms with Crippen molar-refractivity contribution in [3.05, 3.63) is 0 Å². The van der Waals surface area contributed by atoms with Crippen LogP contribution in [-0.4, -0.2) is 53.5 Å². The largest absolute Gasteiger partial charge is 0.481 e. The Morgan fingerprint density at radius 1 is 1.37 bits per heavy atom. The molecule has 0 aromatic carbocycles. The van der Waals surface area contributed by atoms with Crippen LogP contribution in [0.3, 0.4) is 0 Å². The van der Waals surface area contributed by atoms with Gasteiger partial charge in [0.15, 0.2) is 0 Å². The summed E-state index contributed by atoms with van der Waals surface area (Å²) < 4.78 is 10.9. The van der Waals surface area contributed by atoms with E-state index in [9.17, 15) is 9.59 Å². The highest BCUT2D eigenvalue weighted by atomic mass is 16.6. The molecule has 2 fully saturated rings. The van der Waals surface area contributed by atoms with Crippen molar-refractivity contribution in [2.75, 3.05) is 19.7 Å². The minimum absolute atomic E-state index is 0.0303. The number of carboxylic acids is 1. The molecule has 1 saturated carbocycles. The first kappa shape index (κ1) is 14.1. The molecule has 1 heterocycles. The molecule has 1 amide bonds. The van der Waals surface area contributed by atoms with Gasteiger partial charge in [0.1, 0.15) is 5.60 Å². The van der Waals surface area contributed by atoms with E-state index in [4.69, 9.17) is 14.6 Å². The Kier molecular flexibility index (Phi) is 3.71. The number of carboxylic acid groups (broad SMARTS) is 1. The minimum Gasteiger partial charge on any atom is -0.481 e. The molecule has 2 aliphatic rings. The zero-order valence-corrected chi connectivity index (χ0v) is 11.6. The molecule has 0 aromatic rings. The number of hydrogen-bond donors (Lipinski definition) is 1. The van der Waals surface area contributed by atoms with Gasteiger partial charge in [-0.1, -0.05) is 0 Å². The summed E-state index contributed by atoms with van der Waals surface area (Å²) >= 11 is 0. The van der Waals surface area contributed by atoms with Crippen LogP contribution < -0.4 is 0 Å². The Hall–Kier alpha value is -1.30. The van der Waals surface area contributed by atoms with Gasteiger partial charge >= 0.3 is 12.1 Å². The van der Waals surface area contributed by atoms with Gasteiger partial charge in [-0.15, -0.1) is 0 Å². The van der Waals surface area contributed by atoms with E-state index in [0.717, 1.165) is 0 Å². The van der Waals surface area contributed by atoms with Gasteiger partial charge in [-0.25, -0.2) is 4.79 Å². The van der Waals surface area contributed by atoms with Crippen LogP contribution in [0.4, 0.5) is 4.79 Å². The monoisotopic (exact) mass is 271 g/mol. The van der Waals surface area contributed by atoms with Crippen molar-refractivity contribution in [3.63, 3.8) is 0 Å². The average Bonchev–Trinajstić information content (AvgIpc) is 3.06. The Morgan fingerprint density at radius 2 is 2.05 bits per heavy atom. The van der Waals surface area contributed by atoms with E-state index in [1.54, 1.807) is 4.90 Å². The number of morpholine rings is 1. The van der Waals surface area contributed by atoms with E-state index < -0.39 is 11.6 Å². The lowest BCUT2D eigenvalue weighted by Crippen LogP contribution is -2.48. The van der Waals surface area contributed by atoms with E-state index in [2.05, 4.69) is 0 Å². The van der Waals surface area contributed by atoms with Crippen LogP contribution in [0, 0.1) is 11.8 Å². The van der Waals surface area contributed by atoms with Crippen LogP contribution >= 0.6 is 0 Å². The Labute approximate surface area is 112 Å². The number of nitrogens with zero attached hydrogens (tertiary/aromatic N) is 1. The normalized spacial score (nSPS) is 30.9. The number of rotatable bonds is 2. The molecule has 1 N–H and O–H groups in total. The summed E-state index contributed by atoms with van der Waals surface area (Å²) in [7, 11) is 0. The molecule has 3 atom stereocenters. The highest BCUT2D eigenvalue weighted by Gasteiger charge is 2.50. The predicted molar refractivity (Wildman–Crippen MR) is 66.8 cm³/mol. The van der Waals surface area contributed by atoms with Crippen molar-refractivity contribution < 1.29 is 24.2 Å². The lowest BCUT2D eigenvalue weighted by molar-refractivity contribution is -0.139. The molecule has 108 valence electrons. The van der Waals surface area contributed by atoms with E-state index in [1.807, 2.05) is 20.8 Å². The van der Waals surface area contributed by atoms with Crippen LogP contribution in [0.15, 0.2) is 0 Å². The fourth-order valence-electron chi connectivity index (χ4n) is 2.34. The quantitative estimate of drug-likeness (QED) is 0.820. The zero-order chi connectivity index (χ0) is 14.2. The van der Waals surface area contributed by atoms with Gasteiger partial charge < -0.3 is 19.5 Å². The molecule has 0 spiro atoms. The van der Waals surface area contributed by atoms with Crippen molar-refractivity contribution in [1.29, 1.82) is 0 Å². The first-order chi connectivity index (χ1) is 8.78. The van der Waals surface area contributed by atoms with E-state index in [0.29, 0.717) is 26.1 Å². The van der Waals surface area contributed by atoms with Gasteiger partial charge in [-0.3, -0.25) is 4.79 Å². The minimum atomic E-state index is -0.775. The molecule has 1 aliphatic carbocycles. The van der Waals surface area contributed by atoms with Gasteiger partial charge in [-0.05, 0) is 27.2 Å². The van der Waals surface area contributed by atoms with Crippen LogP contribution in [-0.2, 0) is 14.3 Å². The van der Waals surface area contributed by atoms with Crippen LogP contribution in [0.2, 0.25) is 0 Å². The number of aliphatic carboxylic acids is 1. The summed E-state index contributed by atoms with van der Waals surface area (Å²) in [6.45, 7) is 6.82. The molecule has 1 saturated heterocycles. The number of ether oxygens (including phenoxy) is 2. The second-order valence-electron chi connectivity index (χ2n) is 6.18. The molecule has 0 radical (unpaired) electrons. The van der Waals surface area contributed by atoms with Gasteiger partial charge in [0.25, 0.3) is 0 Å². The first-order valence-corrected chi connectivity index (χ1v) is 6.60. The Morgan fingerprint density at radius 3 is 2.58 bits per heavy atom. The van der Waals surface area contributed by atoms with E-state index in [-0.39, 0.29) is 24.0 Å². The van der Waals surface area contributed by atoms with Gasteiger partial charge in [0, 0.05) is 12.5 Å². The maximum atomic E-state index is 11.9. The third-order valence-electron chi connectivity index (χ3n) is 3.38. The Balaban J connectivity index is 1.88. The third-order valence-corrected chi connectivity index (χ3v) is 3.38. The maximum Gasteiger partial charge on any atom is 0.410 e. The lowest BCUT2D eigenvalue weighted by Gasteiger charge is -2.34. The fraction of sp³-hybridized carbons (Fsp3) is 0.846. The van der Waals surface area contributed by atoms with Gasteiger partial charge in [0.2, 0.25) is 0 Å². The molecule has 6 heteroatoms. The molecule has 3 unspecified atom stereocenters. The molecule has 0 bridgehead atoms. The first-order valence-electron chi connectivity index (χ1n) is 6.60. The van der Waals surface area contributed by atoms with Crippen molar-refractivity contribution in [1.82, 2.24) is 4.90 Å². The SMILES string of the molecule is CC(C)(C)OC(=O)N1CCOC(C2CC2C(=O)O)C1. The summed E-state index contributed by atoms with van der Waals surface area (Å²) in [4.78, 5) is 24.4. The number of hydrogen-bond acceptors (Lipinski definition) is 4. The second kappa shape index (κ2) is 5.00. The fourth-order valence-corrected chi connectivity index (χ4v) is 2.34. The van der Waals surface area contributed by atoms with Gasteiger partial charge in [-0.2, -0.15) is 0 Å². The van der Waals surface area contributed by atoms with Crippen molar-refractivity contribution in [2.24, 2.45) is 11.8 Å². The lowest BCUT2D eigenvalue weighted by atomic mass is 10.1. The van der Waals surface area contributed by atoms with E-state index in [1.165, 1.54) is 0 Å². The van der Waals surface area contributed by atoms with Crippen LogP contribution in [0.25, 0.3) is 0 Å². The van der Waals surface area contributed by atoms with Crippen molar-refractivity contribution >= 4 is 12.1 Å². The molecule has 1 aliphatic heterocycles. The molecular weight excluding hydrogens is 250 g/mol. The predicted octanol–water partition coefficient (Wildman–Crippen LogP) is 1.34. The average molecular weight is 271 g/mol. The topological polar surface area (TPSA) is 76.1 Å². The highest BCUT2D eigenvalue weighted by molar-refractivity contribution is 5.73.